The van der Waals surface area contributed by atoms with E-state index in [2.05, 4.69) is 32.6 Å². The molecule has 1 aliphatic rings. The van der Waals surface area contributed by atoms with Gasteiger partial charge in [0.2, 0.25) is 0 Å². The first-order valence-electron chi connectivity index (χ1n) is 7.28. The van der Waals surface area contributed by atoms with Gasteiger partial charge in [-0.2, -0.15) is 0 Å². The van der Waals surface area contributed by atoms with Gasteiger partial charge in [0.1, 0.15) is 5.82 Å². The molecule has 0 aliphatic heterocycles. The molecule has 22 heavy (non-hydrogen) atoms. The fourth-order valence-corrected chi connectivity index (χ4v) is 2.65. The van der Waals surface area contributed by atoms with Gasteiger partial charge in [-0.1, -0.05) is 27.6 Å². The number of hydrogen-bond donors (Lipinski definition) is 2. The zero-order chi connectivity index (χ0) is 15.9. The van der Waals surface area contributed by atoms with Crippen molar-refractivity contribution in [2.75, 3.05) is 11.9 Å². The minimum atomic E-state index is -0.862. The van der Waals surface area contributed by atoms with Gasteiger partial charge < -0.3 is 10.6 Å². The third kappa shape index (κ3) is 4.94. The molecule has 0 saturated heterocycles. The molecule has 0 radical (unpaired) electrons. The van der Waals surface area contributed by atoms with Crippen molar-refractivity contribution in [3.63, 3.8) is 0 Å². The lowest BCUT2D eigenvalue weighted by atomic mass is 9.97. The van der Waals surface area contributed by atoms with Crippen LogP contribution in [-0.4, -0.2) is 18.4 Å². The second-order valence-corrected chi connectivity index (χ2v) is 6.11. The van der Waals surface area contributed by atoms with Crippen LogP contribution in [0.5, 0.6) is 0 Å². The molecule has 0 atom stereocenters. The van der Waals surface area contributed by atoms with Gasteiger partial charge in [-0.15, -0.1) is 0 Å². The molecule has 0 fully saturated rings. The molecule has 2 rings (SSSR count). The molecule has 1 aliphatic carbocycles. The summed E-state index contributed by atoms with van der Waals surface area (Å²) in [4.78, 5) is 23.4. The van der Waals surface area contributed by atoms with E-state index in [0.717, 1.165) is 19.3 Å². The van der Waals surface area contributed by atoms with Crippen molar-refractivity contribution in [3.05, 3.63) is 40.1 Å². The second-order valence-electron chi connectivity index (χ2n) is 5.19. The van der Waals surface area contributed by atoms with Crippen molar-refractivity contribution in [2.45, 2.75) is 32.1 Å². The molecule has 0 heterocycles. The van der Waals surface area contributed by atoms with Gasteiger partial charge in [0.15, 0.2) is 0 Å². The fourth-order valence-electron chi connectivity index (χ4n) is 2.32. The van der Waals surface area contributed by atoms with Gasteiger partial charge in [-0.3, -0.25) is 9.59 Å². The van der Waals surface area contributed by atoms with E-state index in [0.29, 0.717) is 11.0 Å². The van der Waals surface area contributed by atoms with Crippen molar-refractivity contribution in [1.82, 2.24) is 5.32 Å². The molecule has 2 N–H and O–H groups in total. The van der Waals surface area contributed by atoms with Crippen LogP contribution in [0.2, 0.25) is 0 Å². The smallest absolute Gasteiger partial charge is 0.313 e. The maximum Gasteiger partial charge on any atom is 0.313 e. The summed E-state index contributed by atoms with van der Waals surface area (Å²) in [5.74, 6) is -2.21. The van der Waals surface area contributed by atoms with Crippen LogP contribution in [0.3, 0.4) is 0 Å². The van der Waals surface area contributed by atoms with Gasteiger partial charge in [0.05, 0.1) is 5.69 Å². The Labute approximate surface area is 137 Å². The van der Waals surface area contributed by atoms with E-state index in [4.69, 9.17) is 0 Å². The fraction of sp³-hybridized carbons (Fsp3) is 0.375. The molecule has 4 nitrogen and oxygen atoms in total. The Kier molecular flexibility index (Phi) is 6.12. The molecule has 0 aromatic heterocycles. The SMILES string of the molecule is O=C(NCCC1=CCCCC1)C(=O)Nc1ccc(Br)cc1F. The van der Waals surface area contributed by atoms with E-state index in [1.54, 1.807) is 6.07 Å². The quantitative estimate of drug-likeness (QED) is 0.630. The summed E-state index contributed by atoms with van der Waals surface area (Å²) in [6.45, 7) is 0.418. The van der Waals surface area contributed by atoms with Crippen LogP contribution in [0.1, 0.15) is 32.1 Å². The van der Waals surface area contributed by atoms with E-state index in [9.17, 15) is 14.0 Å². The first-order chi connectivity index (χ1) is 10.6. The number of carbonyl (C=O) groups excluding carboxylic acids is 2. The molecule has 1 aromatic carbocycles. The zero-order valence-corrected chi connectivity index (χ0v) is 13.7. The first kappa shape index (κ1) is 16.7. The van der Waals surface area contributed by atoms with Crippen LogP contribution in [0.15, 0.2) is 34.3 Å². The molecule has 0 saturated carbocycles. The predicted octanol–water partition coefficient (Wildman–Crippen LogP) is 3.53. The third-order valence-corrected chi connectivity index (χ3v) is 4.00. The lowest BCUT2D eigenvalue weighted by molar-refractivity contribution is -0.136. The molecule has 0 unspecified atom stereocenters. The minimum absolute atomic E-state index is 0.0154. The highest BCUT2D eigenvalue weighted by molar-refractivity contribution is 9.10. The van der Waals surface area contributed by atoms with Crippen molar-refractivity contribution < 1.29 is 14.0 Å². The molecule has 0 spiro atoms. The maximum atomic E-state index is 13.6. The Morgan fingerprint density at radius 3 is 2.73 bits per heavy atom. The van der Waals surface area contributed by atoms with Crippen molar-refractivity contribution in [2.24, 2.45) is 0 Å². The number of anilines is 1. The van der Waals surface area contributed by atoms with E-state index in [1.807, 2.05) is 0 Å². The standard InChI is InChI=1S/C16H18BrFN2O2/c17-12-6-7-14(13(18)10-12)20-16(22)15(21)19-9-8-11-4-2-1-3-5-11/h4,6-7,10H,1-3,5,8-9H2,(H,19,21)(H,20,22). The molecular weight excluding hydrogens is 351 g/mol. The second kappa shape index (κ2) is 8.08. The van der Waals surface area contributed by atoms with Gasteiger partial charge in [-0.25, -0.2) is 4.39 Å². The van der Waals surface area contributed by atoms with E-state index in [1.165, 1.54) is 30.5 Å². The monoisotopic (exact) mass is 368 g/mol. The molecule has 1 aromatic rings. The normalized spacial score (nSPS) is 14.2. The Bertz CT molecular complexity index is 602. The topological polar surface area (TPSA) is 58.2 Å². The maximum absolute atomic E-state index is 13.6. The molecule has 2 amide bonds. The van der Waals surface area contributed by atoms with Crippen molar-refractivity contribution >= 4 is 33.4 Å². The van der Waals surface area contributed by atoms with Crippen LogP contribution in [0.4, 0.5) is 10.1 Å². The lowest BCUT2D eigenvalue weighted by Gasteiger charge is -2.13. The van der Waals surface area contributed by atoms with Gasteiger partial charge in [0, 0.05) is 11.0 Å². The number of carbonyl (C=O) groups is 2. The molecule has 6 heteroatoms. The average molecular weight is 369 g/mol. The van der Waals surface area contributed by atoms with Crippen LogP contribution in [-0.2, 0) is 9.59 Å². The van der Waals surface area contributed by atoms with Crippen LogP contribution < -0.4 is 10.6 Å². The number of hydrogen-bond acceptors (Lipinski definition) is 2. The largest absolute Gasteiger partial charge is 0.348 e. The first-order valence-corrected chi connectivity index (χ1v) is 8.07. The summed E-state index contributed by atoms with van der Waals surface area (Å²) in [6, 6.07) is 4.21. The van der Waals surface area contributed by atoms with E-state index >= 15 is 0 Å². The van der Waals surface area contributed by atoms with E-state index < -0.39 is 17.6 Å². The lowest BCUT2D eigenvalue weighted by Crippen LogP contribution is -2.36. The summed E-state index contributed by atoms with van der Waals surface area (Å²) in [5, 5.41) is 4.82. The number of rotatable bonds is 4. The van der Waals surface area contributed by atoms with Crippen LogP contribution >= 0.6 is 15.9 Å². The average Bonchev–Trinajstić information content (AvgIpc) is 2.51. The number of allylic oxidation sites excluding steroid dienone is 1. The third-order valence-electron chi connectivity index (χ3n) is 3.50. The Hall–Kier alpha value is -1.69. The van der Waals surface area contributed by atoms with Gasteiger partial charge >= 0.3 is 11.8 Å². The van der Waals surface area contributed by atoms with Crippen LogP contribution in [0.25, 0.3) is 0 Å². The highest BCUT2D eigenvalue weighted by Crippen LogP contribution is 2.20. The van der Waals surface area contributed by atoms with E-state index in [-0.39, 0.29) is 5.69 Å². The Morgan fingerprint density at radius 2 is 2.05 bits per heavy atom. The summed E-state index contributed by atoms with van der Waals surface area (Å²) in [5.41, 5.74) is 1.31. The van der Waals surface area contributed by atoms with Crippen LogP contribution in [0, 0.1) is 5.82 Å². The number of benzene rings is 1. The number of nitrogens with one attached hydrogen (secondary N) is 2. The summed E-state index contributed by atoms with van der Waals surface area (Å²) in [6.07, 6.45) is 7.51. The minimum Gasteiger partial charge on any atom is -0.348 e. The summed E-state index contributed by atoms with van der Waals surface area (Å²) in [7, 11) is 0. The molecule has 0 bridgehead atoms. The molecule has 118 valence electrons. The highest BCUT2D eigenvalue weighted by Gasteiger charge is 2.15. The van der Waals surface area contributed by atoms with Gasteiger partial charge in [0.25, 0.3) is 0 Å². The zero-order valence-electron chi connectivity index (χ0n) is 12.1. The highest BCUT2D eigenvalue weighted by atomic mass is 79.9. The number of halogens is 2. The number of amides is 2. The van der Waals surface area contributed by atoms with Crippen molar-refractivity contribution in [1.29, 1.82) is 0 Å². The summed E-state index contributed by atoms with van der Waals surface area (Å²) >= 11 is 3.13. The summed E-state index contributed by atoms with van der Waals surface area (Å²) < 4.78 is 14.1. The molecular formula is C16H18BrFN2O2. The predicted molar refractivity (Wildman–Crippen MR) is 86.9 cm³/mol. The Morgan fingerprint density at radius 1 is 1.23 bits per heavy atom. The Balaban J connectivity index is 1.79. The van der Waals surface area contributed by atoms with Crippen molar-refractivity contribution in [3.8, 4) is 0 Å². The van der Waals surface area contributed by atoms with Gasteiger partial charge in [-0.05, 0) is 50.3 Å².